The molecule has 9 nitrogen and oxygen atoms in total. The minimum Gasteiger partial charge on any atom is -0.493 e. The van der Waals surface area contributed by atoms with Crippen LogP contribution in [0.4, 0.5) is 13.6 Å². The lowest BCUT2D eigenvalue weighted by Gasteiger charge is -2.37. The Bertz CT molecular complexity index is 1030. The summed E-state index contributed by atoms with van der Waals surface area (Å²) in [4.78, 5) is 43.2. The molecular weight excluding hydrogens is 496 g/mol. The first-order valence-electron chi connectivity index (χ1n) is 13.2. The Hall–Kier alpha value is -2.95. The van der Waals surface area contributed by atoms with Crippen LogP contribution in [0.2, 0.25) is 0 Å². The van der Waals surface area contributed by atoms with Crippen molar-refractivity contribution in [2.75, 3.05) is 26.7 Å². The first-order valence-corrected chi connectivity index (χ1v) is 13.2. The minimum atomic E-state index is -1.01. The van der Waals surface area contributed by atoms with E-state index in [1.807, 2.05) is 34.6 Å². The highest BCUT2D eigenvalue weighted by Crippen LogP contribution is 2.37. The summed E-state index contributed by atoms with van der Waals surface area (Å²) in [5.41, 5.74) is -0.566. The molecular formula is C27H41F2N5O4. The number of ether oxygens (including phenoxy) is 1. The van der Waals surface area contributed by atoms with Gasteiger partial charge in [-0.05, 0) is 51.8 Å². The largest absolute Gasteiger partial charge is 0.493 e. The number of amides is 4. The maximum Gasteiger partial charge on any atom is 0.317 e. The van der Waals surface area contributed by atoms with Gasteiger partial charge in [0.2, 0.25) is 11.8 Å². The number of benzene rings is 1. The average molecular weight is 538 g/mol. The number of likely N-dealkylation sites (tertiary alicyclic amines) is 2. The van der Waals surface area contributed by atoms with Gasteiger partial charge in [0.05, 0.1) is 24.7 Å². The van der Waals surface area contributed by atoms with Crippen molar-refractivity contribution in [1.29, 1.82) is 0 Å². The van der Waals surface area contributed by atoms with Crippen molar-refractivity contribution in [2.45, 2.75) is 78.2 Å². The maximum atomic E-state index is 14.0. The Morgan fingerprint density at radius 1 is 1.08 bits per heavy atom. The lowest BCUT2D eigenvalue weighted by atomic mass is 9.85. The third kappa shape index (κ3) is 6.54. The van der Waals surface area contributed by atoms with Crippen LogP contribution >= 0.6 is 0 Å². The van der Waals surface area contributed by atoms with Gasteiger partial charge in [0.1, 0.15) is 11.8 Å². The lowest BCUT2D eigenvalue weighted by molar-refractivity contribution is -0.141. The van der Waals surface area contributed by atoms with Crippen LogP contribution in [-0.4, -0.2) is 84.6 Å². The molecule has 1 aromatic carbocycles. The standard InChI is InChI=1S/C27H41F2N5O4/c1-15(2)31-26(37)34-13-17(14-38-18-8-9-19(28)20(29)12-18)22-21(34)10-11-33(22)25(36)23(27(4,5)6)32-24(35)16(3)30-7/h8-9,12,15-17,21-23,30H,10-11,13-14H2,1-7H3,(H,31,37)(H,32,35). The fourth-order valence-electron chi connectivity index (χ4n) is 5.16. The quantitative estimate of drug-likeness (QED) is 0.473. The lowest BCUT2D eigenvalue weighted by Crippen LogP contribution is -2.59. The topological polar surface area (TPSA) is 103 Å². The molecule has 5 atom stereocenters. The van der Waals surface area contributed by atoms with E-state index < -0.39 is 29.1 Å². The molecule has 0 aliphatic carbocycles. The summed E-state index contributed by atoms with van der Waals surface area (Å²) >= 11 is 0. The molecule has 0 bridgehead atoms. The van der Waals surface area contributed by atoms with Crippen LogP contribution in [0.5, 0.6) is 5.75 Å². The molecule has 5 unspecified atom stereocenters. The van der Waals surface area contributed by atoms with E-state index in [1.54, 1.807) is 23.8 Å². The second-order valence-corrected chi connectivity index (χ2v) is 11.6. The van der Waals surface area contributed by atoms with Crippen LogP contribution in [0.25, 0.3) is 0 Å². The van der Waals surface area contributed by atoms with Crippen LogP contribution in [0.3, 0.4) is 0 Å². The van der Waals surface area contributed by atoms with Gasteiger partial charge in [0, 0.05) is 31.1 Å². The van der Waals surface area contributed by atoms with Gasteiger partial charge in [-0.2, -0.15) is 0 Å². The van der Waals surface area contributed by atoms with E-state index >= 15 is 0 Å². The van der Waals surface area contributed by atoms with Gasteiger partial charge >= 0.3 is 6.03 Å². The van der Waals surface area contributed by atoms with Gasteiger partial charge in [-0.15, -0.1) is 0 Å². The monoisotopic (exact) mass is 537 g/mol. The third-order valence-corrected chi connectivity index (χ3v) is 7.27. The zero-order valence-electron chi connectivity index (χ0n) is 23.3. The molecule has 1 aromatic rings. The highest BCUT2D eigenvalue weighted by molar-refractivity contribution is 5.90. The molecule has 0 spiro atoms. The molecule has 2 fully saturated rings. The van der Waals surface area contributed by atoms with E-state index in [9.17, 15) is 23.2 Å². The third-order valence-electron chi connectivity index (χ3n) is 7.27. The fourth-order valence-corrected chi connectivity index (χ4v) is 5.16. The van der Waals surface area contributed by atoms with Gasteiger partial charge in [0.15, 0.2) is 11.6 Å². The minimum absolute atomic E-state index is 0.0628. The number of nitrogens with one attached hydrogen (secondary N) is 3. The molecule has 0 aromatic heterocycles. The first-order chi connectivity index (χ1) is 17.7. The van der Waals surface area contributed by atoms with Crippen molar-refractivity contribution in [1.82, 2.24) is 25.8 Å². The Balaban J connectivity index is 1.87. The van der Waals surface area contributed by atoms with Crippen molar-refractivity contribution in [3.63, 3.8) is 0 Å². The second kappa shape index (κ2) is 11.8. The number of fused-ring (bicyclic) bond motifs is 1. The molecule has 2 aliphatic heterocycles. The van der Waals surface area contributed by atoms with Crippen molar-refractivity contribution < 1.29 is 27.9 Å². The van der Waals surface area contributed by atoms with Gasteiger partial charge in [0.25, 0.3) is 0 Å². The number of carbonyl (C=O) groups excluding carboxylic acids is 3. The van der Waals surface area contributed by atoms with Crippen LogP contribution < -0.4 is 20.7 Å². The predicted octanol–water partition coefficient (Wildman–Crippen LogP) is 2.50. The zero-order chi connectivity index (χ0) is 28.4. The number of carbonyl (C=O) groups is 3. The van der Waals surface area contributed by atoms with E-state index in [2.05, 4.69) is 16.0 Å². The normalized spacial score (nSPS) is 22.7. The van der Waals surface area contributed by atoms with Gasteiger partial charge < -0.3 is 30.5 Å². The van der Waals surface area contributed by atoms with E-state index in [-0.39, 0.29) is 54.2 Å². The molecule has 212 valence electrons. The molecule has 38 heavy (non-hydrogen) atoms. The average Bonchev–Trinajstić information content (AvgIpc) is 3.42. The Morgan fingerprint density at radius 3 is 2.34 bits per heavy atom. The Kier molecular flexibility index (Phi) is 9.22. The van der Waals surface area contributed by atoms with Crippen molar-refractivity contribution >= 4 is 17.8 Å². The highest BCUT2D eigenvalue weighted by Gasteiger charge is 2.53. The summed E-state index contributed by atoms with van der Waals surface area (Å²) in [5, 5.41) is 8.74. The number of nitrogens with zero attached hydrogens (tertiary/aromatic N) is 2. The molecule has 3 rings (SSSR count). The van der Waals surface area contributed by atoms with Crippen molar-refractivity contribution in [3.05, 3.63) is 29.8 Å². The van der Waals surface area contributed by atoms with Crippen LogP contribution in [0.1, 0.15) is 48.0 Å². The second-order valence-electron chi connectivity index (χ2n) is 11.6. The van der Waals surface area contributed by atoms with E-state index in [0.717, 1.165) is 12.1 Å². The van der Waals surface area contributed by atoms with E-state index in [0.29, 0.717) is 19.5 Å². The molecule has 2 aliphatic rings. The number of hydrogen-bond acceptors (Lipinski definition) is 5. The number of halogens is 2. The van der Waals surface area contributed by atoms with Crippen molar-refractivity contribution in [3.8, 4) is 5.75 Å². The van der Waals surface area contributed by atoms with Crippen LogP contribution in [0.15, 0.2) is 18.2 Å². The first kappa shape index (κ1) is 29.6. The highest BCUT2D eigenvalue weighted by atomic mass is 19.2. The van der Waals surface area contributed by atoms with Gasteiger partial charge in [-0.1, -0.05) is 20.8 Å². The number of likely N-dealkylation sites (N-methyl/N-ethyl adjacent to an activating group) is 1. The fraction of sp³-hybridized carbons (Fsp3) is 0.667. The van der Waals surface area contributed by atoms with Crippen molar-refractivity contribution in [2.24, 2.45) is 11.3 Å². The molecule has 2 heterocycles. The Morgan fingerprint density at radius 2 is 1.76 bits per heavy atom. The summed E-state index contributed by atoms with van der Waals surface area (Å²) in [6.07, 6.45) is 0.585. The SMILES string of the molecule is CNC(C)C(=O)NC(C(=O)N1CCC2C1C(COc1ccc(F)c(F)c1)CN2C(=O)NC(C)C)C(C)(C)C. The maximum absolute atomic E-state index is 14.0. The zero-order valence-corrected chi connectivity index (χ0v) is 23.3. The molecule has 3 N–H and O–H groups in total. The summed E-state index contributed by atoms with van der Waals surface area (Å²) in [5.74, 6) is -2.58. The van der Waals surface area contributed by atoms with Gasteiger partial charge in [-0.3, -0.25) is 9.59 Å². The molecule has 0 saturated carbocycles. The van der Waals surface area contributed by atoms with E-state index in [4.69, 9.17) is 4.74 Å². The molecule has 2 saturated heterocycles. The van der Waals surface area contributed by atoms with Crippen LogP contribution in [-0.2, 0) is 9.59 Å². The molecule has 4 amide bonds. The molecule has 11 heteroatoms. The summed E-state index contributed by atoms with van der Waals surface area (Å²) in [6.45, 7) is 12.0. The summed E-state index contributed by atoms with van der Waals surface area (Å²) in [7, 11) is 1.68. The smallest absolute Gasteiger partial charge is 0.317 e. The number of urea groups is 1. The Labute approximate surface area is 223 Å². The number of rotatable bonds is 8. The predicted molar refractivity (Wildman–Crippen MR) is 140 cm³/mol. The summed E-state index contributed by atoms with van der Waals surface area (Å²) < 4.78 is 32.9. The number of hydrogen-bond donors (Lipinski definition) is 3. The van der Waals surface area contributed by atoms with E-state index in [1.165, 1.54) is 6.07 Å². The van der Waals surface area contributed by atoms with Crippen LogP contribution in [0, 0.1) is 23.0 Å². The summed E-state index contributed by atoms with van der Waals surface area (Å²) in [6, 6.07) is 1.21. The van der Waals surface area contributed by atoms with Gasteiger partial charge in [-0.25, -0.2) is 13.6 Å². The molecule has 0 radical (unpaired) electrons.